The van der Waals surface area contributed by atoms with E-state index in [2.05, 4.69) is 20.0 Å². The number of sulfonamides is 1. The number of nitrogens with one attached hydrogen (secondary N) is 1. The molecule has 0 unspecified atom stereocenters. The van der Waals surface area contributed by atoms with E-state index in [0.717, 1.165) is 16.3 Å². The van der Waals surface area contributed by atoms with Crippen molar-refractivity contribution in [3.05, 3.63) is 124 Å². The van der Waals surface area contributed by atoms with Crippen LogP contribution >= 0.6 is 11.3 Å². The molecule has 0 radical (unpaired) electrons. The molecule has 3 aromatic carbocycles. The van der Waals surface area contributed by atoms with Gasteiger partial charge in [-0.1, -0.05) is 53.7 Å². The van der Waals surface area contributed by atoms with Crippen molar-refractivity contribution in [3.63, 3.8) is 0 Å². The van der Waals surface area contributed by atoms with Crippen LogP contribution in [0.25, 0.3) is 0 Å². The lowest BCUT2D eigenvalue weighted by Crippen LogP contribution is -2.30. The number of nitrogens with zero attached hydrogens (tertiary/aromatic N) is 5. The second kappa shape index (κ2) is 11.6. The van der Waals surface area contributed by atoms with Gasteiger partial charge in [-0.2, -0.15) is 0 Å². The lowest BCUT2D eigenvalue weighted by Gasteiger charge is -2.22. The molecule has 0 saturated heterocycles. The highest BCUT2D eigenvalue weighted by molar-refractivity contribution is 7.92. The smallest absolute Gasteiger partial charge is 0.261 e. The molecule has 0 fully saturated rings. The van der Waals surface area contributed by atoms with E-state index in [-0.39, 0.29) is 17.3 Å². The molecule has 1 N–H and O–H groups in total. The van der Waals surface area contributed by atoms with E-state index in [0.29, 0.717) is 30.0 Å². The number of carbonyl (C=O) groups is 1. The van der Waals surface area contributed by atoms with Gasteiger partial charge in [0.05, 0.1) is 34.9 Å². The molecule has 0 aliphatic carbocycles. The number of aryl methyl sites for hydroxylation is 1. The summed E-state index contributed by atoms with van der Waals surface area (Å²) in [5.41, 5.74) is 3.34. The van der Waals surface area contributed by atoms with Gasteiger partial charge in [-0.3, -0.25) is 9.52 Å². The first-order valence-electron chi connectivity index (χ1n) is 12.2. The molecule has 0 atom stereocenters. The van der Waals surface area contributed by atoms with Crippen molar-refractivity contribution in [2.75, 3.05) is 4.72 Å². The quantitative estimate of drug-likeness (QED) is 0.265. The number of aromatic nitrogens is 4. The summed E-state index contributed by atoms with van der Waals surface area (Å²) >= 11 is 1.58. The number of amides is 1. The maximum Gasteiger partial charge on any atom is 0.261 e. The van der Waals surface area contributed by atoms with Gasteiger partial charge in [-0.25, -0.2) is 18.1 Å². The Morgan fingerprint density at radius 3 is 2.28 bits per heavy atom. The summed E-state index contributed by atoms with van der Waals surface area (Å²) in [5, 5.41) is 11.4. The molecule has 0 aliphatic rings. The second-order valence-corrected chi connectivity index (χ2v) is 11.7. The van der Waals surface area contributed by atoms with Crippen LogP contribution in [-0.2, 0) is 29.7 Å². The van der Waals surface area contributed by atoms with Crippen molar-refractivity contribution in [3.8, 4) is 0 Å². The predicted octanol–water partition coefficient (Wildman–Crippen LogP) is 4.73. The summed E-state index contributed by atoms with van der Waals surface area (Å²) in [4.78, 5) is 19.8. The summed E-state index contributed by atoms with van der Waals surface area (Å²) in [7, 11) is -3.80. The van der Waals surface area contributed by atoms with Crippen molar-refractivity contribution < 1.29 is 13.2 Å². The number of rotatable bonds is 10. The summed E-state index contributed by atoms with van der Waals surface area (Å²) in [6, 6.07) is 24.2. The van der Waals surface area contributed by atoms with E-state index >= 15 is 0 Å². The second-order valence-electron chi connectivity index (χ2n) is 8.91. The third-order valence-corrected chi connectivity index (χ3v) is 8.09. The van der Waals surface area contributed by atoms with E-state index in [1.807, 2.05) is 54.9 Å². The van der Waals surface area contributed by atoms with Crippen LogP contribution in [-0.4, -0.2) is 39.2 Å². The molecule has 0 aliphatic heterocycles. The van der Waals surface area contributed by atoms with Crippen molar-refractivity contribution in [1.29, 1.82) is 0 Å². The van der Waals surface area contributed by atoms with E-state index in [1.165, 1.54) is 24.3 Å². The van der Waals surface area contributed by atoms with Gasteiger partial charge in [0.2, 0.25) is 0 Å². The molecule has 5 aromatic rings. The minimum Gasteiger partial charge on any atom is -0.328 e. The van der Waals surface area contributed by atoms with Gasteiger partial charge in [-0.15, -0.1) is 16.4 Å². The van der Waals surface area contributed by atoms with E-state index < -0.39 is 10.0 Å². The Balaban J connectivity index is 1.34. The Morgan fingerprint density at radius 1 is 0.923 bits per heavy atom. The van der Waals surface area contributed by atoms with Gasteiger partial charge >= 0.3 is 0 Å². The Morgan fingerprint density at radius 2 is 1.62 bits per heavy atom. The zero-order valence-corrected chi connectivity index (χ0v) is 22.8. The molecule has 39 heavy (non-hydrogen) atoms. The minimum atomic E-state index is -3.80. The number of para-hydroxylation sites is 1. The van der Waals surface area contributed by atoms with Gasteiger partial charge in [0.25, 0.3) is 15.9 Å². The molecule has 2 aromatic heterocycles. The molecule has 9 nitrogen and oxygen atoms in total. The van der Waals surface area contributed by atoms with Gasteiger partial charge in [0, 0.05) is 23.2 Å². The van der Waals surface area contributed by atoms with Gasteiger partial charge in [0.1, 0.15) is 5.69 Å². The number of thiazole rings is 1. The van der Waals surface area contributed by atoms with E-state index in [4.69, 9.17) is 0 Å². The first-order chi connectivity index (χ1) is 18.9. The number of hydrogen-bond donors (Lipinski definition) is 1. The molecule has 0 spiro atoms. The number of anilines is 1. The first-order valence-corrected chi connectivity index (χ1v) is 14.5. The zero-order valence-electron chi connectivity index (χ0n) is 21.1. The Labute approximate surface area is 230 Å². The lowest BCUT2D eigenvalue weighted by atomic mass is 10.1. The third-order valence-electron chi connectivity index (χ3n) is 5.87. The standard InChI is InChI=1S/C28H26N6O3S2/c1-21-29-26(20-38-21)19-34-18-25(30-32-34)17-33(16-22-8-4-2-5-9-22)28(35)23-12-14-27(15-13-23)39(36,37)31-24-10-6-3-7-11-24/h2-15,18,20,31H,16-17,19H2,1H3. The molecular formula is C28H26N6O3S2. The maximum absolute atomic E-state index is 13.6. The molecule has 0 bridgehead atoms. The first kappa shape index (κ1) is 26.3. The van der Waals surface area contributed by atoms with Crippen molar-refractivity contribution >= 4 is 33.0 Å². The van der Waals surface area contributed by atoms with Crippen LogP contribution < -0.4 is 4.72 Å². The number of benzene rings is 3. The van der Waals surface area contributed by atoms with Crippen LogP contribution in [0.1, 0.15) is 32.3 Å². The largest absolute Gasteiger partial charge is 0.328 e. The Kier molecular flexibility index (Phi) is 7.80. The summed E-state index contributed by atoms with van der Waals surface area (Å²) < 4.78 is 29.9. The fraction of sp³-hybridized carbons (Fsp3) is 0.143. The molecule has 11 heteroatoms. The molecular weight excluding hydrogens is 532 g/mol. The third kappa shape index (κ3) is 6.75. The SMILES string of the molecule is Cc1nc(Cn2cc(CN(Cc3ccccc3)C(=O)c3ccc(S(=O)(=O)Nc4ccccc4)cc3)nn2)cs1. The number of carbonyl (C=O) groups excluding carboxylic acids is 1. The molecule has 1 amide bonds. The topological polar surface area (TPSA) is 110 Å². The van der Waals surface area contributed by atoms with Gasteiger partial charge in [0.15, 0.2) is 0 Å². The molecule has 0 saturated carbocycles. The molecule has 198 valence electrons. The maximum atomic E-state index is 13.6. The fourth-order valence-electron chi connectivity index (χ4n) is 4.01. The van der Waals surface area contributed by atoms with E-state index in [1.54, 1.807) is 45.2 Å². The highest BCUT2D eigenvalue weighted by Gasteiger charge is 2.20. The highest BCUT2D eigenvalue weighted by Crippen LogP contribution is 2.19. The van der Waals surface area contributed by atoms with Crippen molar-refractivity contribution in [2.24, 2.45) is 0 Å². The lowest BCUT2D eigenvalue weighted by molar-refractivity contribution is 0.0727. The van der Waals surface area contributed by atoms with Crippen LogP contribution in [0.3, 0.4) is 0 Å². The normalized spacial score (nSPS) is 11.3. The molecule has 5 rings (SSSR count). The van der Waals surface area contributed by atoms with Crippen LogP contribution in [0.5, 0.6) is 0 Å². The average molecular weight is 559 g/mol. The summed E-state index contributed by atoms with van der Waals surface area (Å²) in [6.07, 6.45) is 1.81. The van der Waals surface area contributed by atoms with Crippen molar-refractivity contribution in [2.45, 2.75) is 31.5 Å². The van der Waals surface area contributed by atoms with Crippen LogP contribution in [0, 0.1) is 6.92 Å². The Hall–Kier alpha value is -4.35. The van der Waals surface area contributed by atoms with Gasteiger partial charge in [-0.05, 0) is 48.9 Å². The van der Waals surface area contributed by atoms with Crippen LogP contribution in [0.2, 0.25) is 0 Å². The Bertz CT molecular complexity index is 1650. The summed E-state index contributed by atoms with van der Waals surface area (Å²) in [5.74, 6) is -0.247. The van der Waals surface area contributed by atoms with Crippen LogP contribution in [0.15, 0.2) is 101 Å². The van der Waals surface area contributed by atoms with Crippen LogP contribution in [0.4, 0.5) is 5.69 Å². The predicted molar refractivity (Wildman–Crippen MR) is 150 cm³/mol. The average Bonchev–Trinajstić information content (AvgIpc) is 3.57. The molecule has 2 heterocycles. The number of hydrogen-bond acceptors (Lipinski definition) is 7. The van der Waals surface area contributed by atoms with Gasteiger partial charge < -0.3 is 4.90 Å². The van der Waals surface area contributed by atoms with Crippen molar-refractivity contribution in [1.82, 2.24) is 24.9 Å². The van der Waals surface area contributed by atoms with E-state index in [9.17, 15) is 13.2 Å². The minimum absolute atomic E-state index is 0.0673. The summed E-state index contributed by atoms with van der Waals surface area (Å²) in [6.45, 7) is 3.04. The highest BCUT2D eigenvalue weighted by atomic mass is 32.2. The zero-order chi connectivity index (χ0) is 27.2. The monoisotopic (exact) mass is 558 g/mol. The fourth-order valence-corrected chi connectivity index (χ4v) is 5.68.